The van der Waals surface area contributed by atoms with Crippen molar-refractivity contribution < 1.29 is 24.1 Å². The lowest BCUT2D eigenvalue weighted by Gasteiger charge is -2.53. The van der Waals surface area contributed by atoms with Crippen LogP contribution in [0.3, 0.4) is 0 Å². The van der Waals surface area contributed by atoms with Crippen LogP contribution in [0.5, 0.6) is 23.0 Å². The van der Waals surface area contributed by atoms with Crippen LogP contribution in [0.25, 0.3) is 0 Å². The van der Waals surface area contributed by atoms with E-state index in [4.69, 9.17) is 14.2 Å². The van der Waals surface area contributed by atoms with E-state index in [0.717, 1.165) is 42.4 Å². The number of hydrogen-bond acceptors (Lipinski definition) is 5. The zero-order chi connectivity index (χ0) is 25.6. The summed E-state index contributed by atoms with van der Waals surface area (Å²) in [4.78, 5) is 16.7. The lowest BCUT2D eigenvalue weighted by atomic mass is 9.65. The molecule has 1 saturated carbocycles. The van der Waals surface area contributed by atoms with Crippen molar-refractivity contribution >= 4 is 5.91 Å². The van der Waals surface area contributed by atoms with Crippen molar-refractivity contribution in [3.8, 4) is 23.0 Å². The molecule has 0 bridgehead atoms. The van der Waals surface area contributed by atoms with Crippen molar-refractivity contribution in [2.45, 2.75) is 49.7 Å². The average molecular weight is 500 g/mol. The number of likely N-dealkylation sites (tertiary alicyclic amines) is 1. The topological polar surface area (TPSA) is 68.2 Å². The molecule has 0 spiro atoms. The molecule has 1 saturated heterocycles. The highest BCUT2D eigenvalue weighted by molar-refractivity contribution is 5.90. The number of para-hydroxylation sites is 2. The van der Waals surface area contributed by atoms with Crippen molar-refractivity contribution in [3.63, 3.8) is 0 Å². The predicted molar refractivity (Wildman–Crippen MR) is 140 cm³/mol. The first-order valence-electron chi connectivity index (χ1n) is 13.1. The molecule has 1 N–H and O–H groups in total. The highest BCUT2D eigenvalue weighted by Gasteiger charge is 2.52. The molecule has 1 aliphatic carbocycles. The van der Waals surface area contributed by atoms with Crippen LogP contribution in [0.15, 0.2) is 66.7 Å². The molecule has 2 aliphatic heterocycles. The third kappa shape index (κ3) is 3.95. The van der Waals surface area contributed by atoms with Gasteiger partial charge in [0, 0.05) is 35.2 Å². The Balaban J connectivity index is 1.48. The molecular formula is C31H33NO5. The van der Waals surface area contributed by atoms with Gasteiger partial charge in [-0.1, -0.05) is 49.2 Å². The van der Waals surface area contributed by atoms with Gasteiger partial charge in [0.25, 0.3) is 0 Å². The van der Waals surface area contributed by atoms with Gasteiger partial charge in [-0.15, -0.1) is 0 Å². The van der Waals surface area contributed by atoms with Gasteiger partial charge in [0.05, 0.1) is 31.8 Å². The summed E-state index contributed by atoms with van der Waals surface area (Å²) in [6, 6.07) is 21.1. The Morgan fingerprint density at radius 1 is 0.919 bits per heavy atom. The minimum Gasteiger partial charge on any atom is -0.497 e. The van der Waals surface area contributed by atoms with Gasteiger partial charge in [0.1, 0.15) is 23.0 Å². The standard InChI is InChI=1S/C31H33NO5/c1-35-20-14-15-23(27(19-20)36-2)29-24-11-7-8-16-31(24,34)17-18-32(29)30(33)28-21-9-3-5-12-25(21)37-26-13-6-4-10-22(26)28/h3-6,9-10,12-15,19,24,28-29,34H,7-8,11,16-18H2,1-2H3/t24-,29-,31-/m0/s1. The first-order chi connectivity index (χ1) is 18.0. The molecule has 2 heterocycles. The lowest BCUT2D eigenvalue weighted by Crippen LogP contribution is -2.57. The van der Waals surface area contributed by atoms with E-state index in [0.29, 0.717) is 36.0 Å². The molecule has 0 aromatic heterocycles. The van der Waals surface area contributed by atoms with E-state index < -0.39 is 11.5 Å². The second-order valence-electron chi connectivity index (χ2n) is 10.4. The summed E-state index contributed by atoms with van der Waals surface area (Å²) in [6.07, 6.45) is 4.24. The molecule has 0 unspecified atom stereocenters. The third-order valence-corrected chi connectivity index (χ3v) is 8.54. The number of carbonyl (C=O) groups excluding carboxylic acids is 1. The van der Waals surface area contributed by atoms with Crippen molar-refractivity contribution in [1.29, 1.82) is 0 Å². The van der Waals surface area contributed by atoms with Crippen molar-refractivity contribution in [2.75, 3.05) is 20.8 Å². The number of amides is 1. The van der Waals surface area contributed by atoms with E-state index in [2.05, 4.69) is 0 Å². The van der Waals surface area contributed by atoms with Crippen molar-refractivity contribution in [1.82, 2.24) is 4.90 Å². The van der Waals surface area contributed by atoms with Gasteiger partial charge < -0.3 is 24.2 Å². The molecule has 3 aromatic carbocycles. The first-order valence-corrected chi connectivity index (χ1v) is 13.1. The van der Waals surface area contributed by atoms with Crippen LogP contribution in [-0.2, 0) is 4.79 Å². The Morgan fingerprint density at radius 3 is 2.30 bits per heavy atom. The van der Waals surface area contributed by atoms with Gasteiger partial charge >= 0.3 is 0 Å². The normalized spacial score (nSPS) is 24.8. The number of hydrogen-bond donors (Lipinski definition) is 1. The van der Waals surface area contributed by atoms with Gasteiger partial charge in [-0.05, 0) is 43.5 Å². The summed E-state index contributed by atoms with van der Waals surface area (Å²) in [5, 5.41) is 11.8. The summed E-state index contributed by atoms with van der Waals surface area (Å²) in [7, 11) is 3.27. The SMILES string of the molecule is COc1ccc([C@H]2[C@@H]3CCCC[C@]3(O)CCN2C(=O)C2c3ccccc3Oc3ccccc32)c(OC)c1. The number of methoxy groups -OCH3 is 2. The van der Waals surface area contributed by atoms with Gasteiger partial charge in [-0.25, -0.2) is 0 Å². The van der Waals surface area contributed by atoms with Crippen LogP contribution in [0.1, 0.15) is 60.8 Å². The fraction of sp³-hybridized carbons (Fsp3) is 0.387. The monoisotopic (exact) mass is 499 g/mol. The summed E-state index contributed by atoms with van der Waals surface area (Å²) >= 11 is 0. The summed E-state index contributed by atoms with van der Waals surface area (Å²) < 4.78 is 17.4. The molecular weight excluding hydrogens is 466 g/mol. The quantitative estimate of drug-likeness (QED) is 0.489. The highest BCUT2D eigenvalue weighted by Crippen LogP contribution is 2.53. The molecule has 3 atom stereocenters. The molecule has 3 aromatic rings. The Morgan fingerprint density at radius 2 is 1.62 bits per heavy atom. The second kappa shape index (κ2) is 9.42. The Kier molecular flexibility index (Phi) is 6.07. The second-order valence-corrected chi connectivity index (χ2v) is 10.4. The summed E-state index contributed by atoms with van der Waals surface area (Å²) in [6.45, 7) is 0.480. The summed E-state index contributed by atoms with van der Waals surface area (Å²) in [5.74, 6) is 2.26. The third-order valence-electron chi connectivity index (χ3n) is 8.54. The van der Waals surface area contributed by atoms with Crippen LogP contribution in [0.2, 0.25) is 0 Å². The fourth-order valence-corrected chi connectivity index (χ4v) is 6.72. The lowest BCUT2D eigenvalue weighted by molar-refractivity contribution is -0.156. The van der Waals surface area contributed by atoms with E-state index in [9.17, 15) is 9.90 Å². The van der Waals surface area contributed by atoms with Crippen LogP contribution in [0, 0.1) is 5.92 Å². The smallest absolute Gasteiger partial charge is 0.235 e. The van der Waals surface area contributed by atoms with Crippen LogP contribution >= 0.6 is 0 Å². The fourth-order valence-electron chi connectivity index (χ4n) is 6.72. The number of fused-ring (bicyclic) bond motifs is 3. The van der Waals surface area contributed by atoms with Gasteiger partial charge in [0.2, 0.25) is 5.91 Å². The highest BCUT2D eigenvalue weighted by atomic mass is 16.5. The summed E-state index contributed by atoms with van der Waals surface area (Å²) in [5.41, 5.74) is 1.86. The molecule has 192 valence electrons. The van der Waals surface area contributed by atoms with Crippen molar-refractivity contribution in [3.05, 3.63) is 83.4 Å². The molecule has 3 aliphatic rings. The minimum absolute atomic E-state index is 0.0266. The Bertz CT molecular complexity index is 1280. The largest absolute Gasteiger partial charge is 0.497 e. The number of ether oxygens (including phenoxy) is 3. The van der Waals surface area contributed by atoms with Crippen molar-refractivity contribution in [2.24, 2.45) is 5.92 Å². The van der Waals surface area contributed by atoms with E-state index in [1.165, 1.54) is 0 Å². The number of carbonyl (C=O) groups is 1. The first kappa shape index (κ1) is 23.9. The number of rotatable bonds is 4. The number of nitrogens with zero attached hydrogens (tertiary/aromatic N) is 1. The maximum absolute atomic E-state index is 14.7. The van der Waals surface area contributed by atoms with E-state index >= 15 is 0 Å². The maximum atomic E-state index is 14.7. The van der Waals surface area contributed by atoms with E-state index in [-0.39, 0.29) is 17.9 Å². The molecule has 6 nitrogen and oxygen atoms in total. The van der Waals surface area contributed by atoms with Gasteiger partial charge in [-0.2, -0.15) is 0 Å². The van der Waals surface area contributed by atoms with E-state index in [1.54, 1.807) is 14.2 Å². The maximum Gasteiger partial charge on any atom is 0.235 e. The molecule has 37 heavy (non-hydrogen) atoms. The number of aliphatic hydroxyl groups is 1. The Hall–Kier alpha value is -3.51. The number of benzene rings is 3. The Labute approximate surface area is 217 Å². The molecule has 6 heteroatoms. The van der Waals surface area contributed by atoms with E-state index in [1.807, 2.05) is 71.6 Å². The number of piperidine rings is 1. The molecule has 0 radical (unpaired) electrons. The minimum atomic E-state index is -0.796. The van der Waals surface area contributed by atoms with Crippen LogP contribution in [0.4, 0.5) is 0 Å². The molecule has 2 fully saturated rings. The molecule has 1 amide bonds. The molecule has 6 rings (SSSR count). The predicted octanol–water partition coefficient (Wildman–Crippen LogP) is 5.84. The zero-order valence-corrected chi connectivity index (χ0v) is 21.4. The van der Waals surface area contributed by atoms with Crippen LogP contribution < -0.4 is 14.2 Å². The van der Waals surface area contributed by atoms with Gasteiger partial charge in [0.15, 0.2) is 0 Å². The zero-order valence-electron chi connectivity index (χ0n) is 21.4. The van der Waals surface area contributed by atoms with Gasteiger partial charge in [-0.3, -0.25) is 4.79 Å². The van der Waals surface area contributed by atoms with Crippen LogP contribution in [-0.4, -0.2) is 42.3 Å². The average Bonchev–Trinajstić information content (AvgIpc) is 2.94.